The van der Waals surface area contributed by atoms with Crippen molar-refractivity contribution in [3.05, 3.63) is 18.2 Å². The van der Waals surface area contributed by atoms with E-state index in [9.17, 15) is 0 Å². The van der Waals surface area contributed by atoms with E-state index in [-0.39, 0.29) is 12.1 Å². The normalized spacial score (nSPS) is 22.5. The first kappa shape index (κ1) is 12.5. The molecule has 2 N–H and O–H groups in total. The van der Waals surface area contributed by atoms with Crippen LogP contribution in [0, 0.1) is 0 Å². The molecule has 1 aliphatic heterocycles. The molecule has 0 spiro atoms. The summed E-state index contributed by atoms with van der Waals surface area (Å²) in [4.78, 5) is 7.40. The molecule has 1 aliphatic rings. The average Bonchev–Trinajstić information content (AvgIpc) is 2.88. The van der Waals surface area contributed by atoms with E-state index >= 15 is 0 Å². The van der Waals surface area contributed by atoms with Crippen LogP contribution in [0.2, 0.25) is 0 Å². The number of H-pyrrole nitrogens is 1. The molecule has 2 heterocycles. The Bertz CT molecular complexity index is 297. The van der Waals surface area contributed by atoms with E-state index in [0.29, 0.717) is 19.8 Å². The van der Waals surface area contributed by atoms with Gasteiger partial charge in [0.15, 0.2) is 0 Å². The van der Waals surface area contributed by atoms with Gasteiger partial charge in [-0.3, -0.25) is 0 Å². The molecule has 2 rings (SSSR count). The van der Waals surface area contributed by atoms with E-state index in [1.54, 1.807) is 6.20 Å². The van der Waals surface area contributed by atoms with E-state index < -0.39 is 0 Å². The summed E-state index contributed by atoms with van der Waals surface area (Å²) in [5.74, 6) is 0.993. The zero-order valence-electron chi connectivity index (χ0n) is 10.3. The number of nitrogens with zero attached hydrogens (tertiary/aromatic N) is 1. The number of aromatic amines is 1. The van der Waals surface area contributed by atoms with Crippen molar-refractivity contribution in [1.29, 1.82) is 0 Å². The van der Waals surface area contributed by atoms with E-state index in [1.807, 2.05) is 6.20 Å². The molecule has 96 valence electrons. The van der Waals surface area contributed by atoms with Gasteiger partial charge in [0.25, 0.3) is 0 Å². The number of nitrogens with one attached hydrogen (secondary N) is 2. The van der Waals surface area contributed by atoms with E-state index in [4.69, 9.17) is 9.47 Å². The Balaban J connectivity index is 1.91. The van der Waals surface area contributed by atoms with Crippen molar-refractivity contribution in [3.63, 3.8) is 0 Å². The van der Waals surface area contributed by atoms with E-state index in [1.165, 1.54) is 0 Å². The fourth-order valence-corrected chi connectivity index (χ4v) is 2.02. The summed E-state index contributed by atoms with van der Waals surface area (Å²) < 4.78 is 11.2. The van der Waals surface area contributed by atoms with Crippen molar-refractivity contribution < 1.29 is 9.47 Å². The number of rotatable bonds is 6. The minimum Gasteiger partial charge on any atom is -0.376 e. The number of aromatic nitrogens is 2. The first-order valence-electron chi connectivity index (χ1n) is 6.31. The molecule has 0 radical (unpaired) electrons. The van der Waals surface area contributed by atoms with Crippen molar-refractivity contribution in [2.24, 2.45) is 0 Å². The number of ether oxygens (including phenoxy) is 2. The van der Waals surface area contributed by atoms with Crippen LogP contribution in [0.1, 0.15) is 19.2 Å². The zero-order chi connectivity index (χ0) is 11.9. The Morgan fingerprint density at radius 2 is 2.53 bits per heavy atom. The van der Waals surface area contributed by atoms with Crippen LogP contribution in [0.3, 0.4) is 0 Å². The highest BCUT2D eigenvalue weighted by molar-refractivity contribution is 4.94. The van der Waals surface area contributed by atoms with Crippen molar-refractivity contribution in [3.8, 4) is 0 Å². The Kier molecular flexibility index (Phi) is 4.97. The molecule has 5 nitrogen and oxygen atoms in total. The molecule has 1 saturated heterocycles. The summed E-state index contributed by atoms with van der Waals surface area (Å²) >= 11 is 0. The summed E-state index contributed by atoms with van der Waals surface area (Å²) in [7, 11) is 0. The summed E-state index contributed by atoms with van der Waals surface area (Å²) in [5.41, 5.74) is 0. The molecule has 0 saturated carbocycles. The second kappa shape index (κ2) is 6.74. The topological polar surface area (TPSA) is 59.2 Å². The summed E-state index contributed by atoms with van der Waals surface area (Å²) in [6.45, 7) is 5.22. The molecule has 0 bridgehead atoms. The number of hydrogen-bond acceptors (Lipinski definition) is 4. The zero-order valence-corrected chi connectivity index (χ0v) is 10.3. The fourth-order valence-electron chi connectivity index (χ4n) is 2.02. The minimum atomic E-state index is 0.125. The lowest BCUT2D eigenvalue weighted by Crippen LogP contribution is -2.48. The van der Waals surface area contributed by atoms with Gasteiger partial charge in [0, 0.05) is 24.9 Å². The average molecular weight is 239 g/mol. The van der Waals surface area contributed by atoms with Crippen LogP contribution in [-0.2, 0) is 15.9 Å². The maximum absolute atomic E-state index is 5.76. The number of hydrogen-bond donors (Lipinski definition) is 2. The lowest BCUT2D eigenvalue weighted by molar-refractivity contribution is -0.101. The van der Waals surface area contributed by atoms with Crippen molar-refractivity contribution in [2.75, 3.05) is 26.4 Å². The third-order valence-corrected chi connectivity index (χ3v) is 2.92. The van der Waals surface area contributed by atoms with E-state index in [2.05, 4.69) is 22.2 Å². The molecular weight excluding hydrogens is 218 g/mol. The smallest absolute Gasteiger partial charge is 0.107 e. The van der Waals surface area contributed by atoms with Gasteiger partial charge >= 0.3 is 0 Å². The van der Waals surface area contributed by atoms with Crippen LogP contribution in [0.5, 0.6) is 0 Å². The third kappa shape index (κ3) is 3.80. The highest BCUT2D eigenvalue weighted by Gasteiger charge is 2.25. The summed E-state index contributed by atoms with van der Waals surface area (Å²) in [6.07, 6.45) is 5.72. The lowest BCUT2D eigenvalue weighted by atomic mass is 10.1. The maximum atomic E-state index is 5.76. The molecule has 1 aromatic heterocycles. The first-order valence-corrected chi connectivity index (χ1v) is 6.31. The largest absolute Gasteiger partial charge is 0.376 e. The van der Waals surface area contributed by atoms with Crippen molar-refractivity contribution >= 4 is 0 Å². The first-order chi connectivity index (χ1) is 8.40. The van der Waals surface area contributed by atoms with Crippen molar-refractivity contribution in [1.82, 2.24) is 15.3 Å². The van der Waals surface area contributed by atoms with Gasteiger partial charge in [-0.2, -0.15) is 0 Å². The van der Waals surface area contributed by atoms with Gasteiger partial charge in [0.05, 0.1) is 25.9 Å². The SMILES string of the molecule is CCCNC(Cc1ncc[nH]1)C1COCCO1. The van der Waals surface area contributed by atoms with Gasteiger partial charge in [-0.25, -0.2) is 4.98 Å². The Labute approximate surface area is 102 Å². The minimum absolute atomic E-state index is 0.125. The van der Waals surface area contributed by atoms with Crippen LogP contribution < -0.4 is 5.32 Å². The van der Waals surface area contributed by atoms with Crippen LogP contribution in [0.25, 0.3) is 0 Å². The Hall–Kier alpha value is -0.910. The lowest BCUT2D eigenvalue weighted by Gasteiger charge is -2.30. The molecule has 0 aromatic carbocycles. The van der Waals surface area contributed by atoms with Crippen LogP contribution in [0.4, 0.5) is 0 Å². The maximum Gasteiger partial charge on any atom is 0.107 e. The Morgan fingerprint density at radius 3 is 3.18 bits per heavy atom. The van der Waals surface area contributed by atoms with Crippen molar-refractivity contribution in [2.45, 2.75) is 31.9 Å². The van der Waals surface area contributed by atoms with Gasteiger partial charge in [-0.15, -0.1) is 0 Å². The predicted octanol–water partition coefficient (Wildman–Crippen LogP) is 0.736. The van der Waals surface area contributed by atoms with Crippen LogP contribution >= 0.6 is 0 Å². The molecule has 1 fully saturated rings. The summed E-state index contributed by atoms with van der Waals surface area (Å²) in [5, 5.41) is 3.51. The van der Waals surface area contributed by atoms with Gasteiger partial charge in [0.1, 0.15) is 5.82 Å². The number of imidazole rings is 1. The van der Waals surface area contributed by atoms with E-state index in [0.717, 1.165) is 25.2 Å². The Morgan fingerprint density at radius 1 is 1.59 bits per heavy atom. The molecule has 0 amide bonds. The van der Waals surface area contributed by atoms with Crippen LogP contribution in [0.15, 0.2) is 12.4 Å². The molecule has 17 heavy (non-hydrogen) atoms. The second-order valence-corrected chi connectivity index (χ2v) is 4.28. The second-order valence-electron chi connectivity index (χ2n) is 4.28. The highest BCUT2D eigenvalue weighted by Crippen LogP contribution is 2.10. The monoisotopic (exact) mass is 239 g/mol. The predicted molar refractivity (Wildman–Crippen MR) is 64.9 cm³/mol. The van der Waals surface area contributed by atoms with Crippen LogP contribution in [-0.4, -0.2) is 48.5 Å². The van der Waals surface area contributed by atoms with Gasteiger partial charge < -0.3 is 19.8 Å². The van der Waals surface area contributed by atoms with Gasteiger partial charge in [0.2, 0.25) is 0 Å². The molecule has 1 aromatic rings. The quantitative estimate of drug-likeness (QED) is 0.768. The molecular formula is C12H21N3O2. The molecule has 0 aliphatic carbocycles. The molecule has 2 atom stereocenters. The fraction of sp³-hybridized carbons (Fsp3) is 0.750. The third-order valence-electron chi connectivity index (χ3n) is 2.92. The summed E-state index contributed by atoms with van der Waals surface area (Å²) in [6, 6.07) is 0.265. The molecule has 2 unspecified atom stereocenters. The molecule has 5 heteroatoms. The highest BCUT2D eigenvalue weighted by atomic mass is 16.6. The standard InChI is InChI=1S/C12H21N3O2/c1-2-3-13-10(8-12-14-4-5-15-12)11-9-16-6-7-17-11/h4-5,10-11,13H,2-3,6-9H2,1H3,(H,14,15). The van der Waals surface area contributed by atoms with Gasteiger partial charge in [-0.05, 0) is 13.0 Å². The van der Waals surface area contributed by atoms with Gasteiger partial charge in [-0.1, -0.05) is 6.92 Å².